The molecular weight excluding hydrogens is 246 g/mol. The maximum absolute atomic E-state index is 9.57. The summed E-state index contributed by atoms with van der Waals surface area (Å²) >= 11 is 0. The lowest BCUT2D eigenvalue weighted by molar-refractivity contribution is 0.138. The zero-order valence-electron chi connectivity index (χ0n) is 13.8. The summed E-state index contributed by atoms with van der Waals surface area (Å²) in [6.45, 7) is 4.10. The van der Waals surface area contributed by atoms with E-state index in [1.165, 1.54) is 64.2 Å². The lowest BCUT2D eigenvalue weighted by Crippen LogP contribution is -2.31. The first kappa shape index (κ1) is 19.7. The molecule has 0 rings (SSSR count). The van der Waals surface area contributed by atoms with Crippen LogP contribution in [0.25, 0.3) is 0 Å². The molecule has 0 aliphatic carbocycles. The van der Waals surface area contributed by atoms with E-state index in [0.29, 0.717) is 0 Å². The molecule has 0 bridgehead atoms. The van der Waals surface area contributed by atoms with E-state index in [9.17, 15) is 5.11 Å². The van der Waals surface area contributed by atoms with Gasteiger partial charge in [0.2, 0.25) is 0 Å². The van der Waals surface area contributed by atoms with Crippen molar-refractivity contribution in [2.24, 2.45) is 5.73 Å². The summed E-state index contributed by atoms with van der Waals surface area (Å²) in [5.41, 5.74) is 5.63. The Morgan fingerprint density at radius 2 is 1.35 bits per heavy atom. The fourth-order valence-corrected chi connectivity index (χ4v) is 2.34. The molecule has 0 aliphatic heterocycles. The minimum Gasteiger partial charge on any atom is -0.392 e. The van der Waals surface area contributed by atoms with Crippen molar-refractivity contribution in [2.45, 2.75) is 103 Å². The molecular formula is C18H37NO. The van der Waals surface area contributed by atoms with Crippen LogP contribution in [0.1, 0.15) is 90.9 Å². The molecule has 2 atom stereocenters. The van der Waals surface area contributed by atoms with Gasteiger partial charge in [0.05, 0.1) is 6.10 Å². The standard InChI is InChI=1S/C18H37NO/c1-3-4-5-6-7-8-9-10-11-12-13-14-15-16-18(20)17(2)19/h5-6,17-18,20H,3-4,7-16,19H2,1-2H3/b6-5-/t17-,18?/m0/s1. The summed E-state index contributed by atoms with van der Waals surface area (Å²) in [5.74, 6) is 0. The summed E-state index contributed by atoms with van der Waals surface area (Å²) in [6.07, 6.45) is 19.4. The number of aliphatic hydroxyl groups is 1. The first-order valence-corrected chi connectivity index (χ1v) is 8.77. The first-order chi connectivity index (χ1) is 9.68. The maximum atomic E-state index is 9.57. The molecule has 0 spiro atoms. The second-order valence-corrected chi connectivity index (χ2v) is 6.09. The highest BCUT2D eigenvalue weighted by atomic mass is 16.3. The van der Waals surface area contributed by atoms with Crippen LogP contribution in [0.3, 0.4) is 0 Å². The molecule has 0 aliphatic rings. The van der Waals surface area contributed by atoms with Gasteiger partial charge in [0.1, 0.15) is 0 Å². The fraction of sp³-hybridized carbons (Fsp3) is 0.889. The Morgan fingerprint density at radius 3 is 1.90 bits per heavy atom. The van der Waals surface area contributed by atoms with Crippen molar-refractivity contribution in [3.05, 3.63) is 12.2 Å². The highest BCUT2D eigenvalue weighted by molar-refractivity contribution is 4.80. The summed E-state index contributed by atoms with van der Waals surface area (Å²) < 4.78 is 0. The first-order valence-electron chi connectivity index (χ1n) is 8.77. The van der Waals surface area contributed by atoms with Crippen LogP contribution in [0, 0.1) is 0 Å². The van der Waals surface area contributed by atoms with Crippen LogP contribution in [-0.2, 0) is 0 Å². The highest BCUT2D eigenvalue weighted by Crippen LogP contribution is 2.12. The molecule has 0 amide bonds. The van der Waals surface area contributed by atoms with Crippen molar-refractivity contribution in [3.8, 4) is 0 Å². The Labute approximate surface area is 126 Å². The average Bonchev–Trinajstić information content (AvgIpc) is 2.43. The van der Waals surface area contributed by atoms with Gasteiger partial charge in [0, 0.05) is 6.04 Å². The minimum atomic E-state index is -0.309. The van der Waals surface area contributed by atoms with Gasteiger partial charge in [0.25, 0.3) is 0 Å². The smallest absolute Gasteiger partial charge is 0.0688 e. The van der Waals surface area contributed by atoms with Crippen molar-refractivity contribution in [1.29, 1.82) is 0 Å². The highest BCUT2D eigenvalue weighted by Gasteiger charge is 2.07. The topological polar surface area (TPSA) is 46.2 Å². The second kappa shape index (κ2) is 15.1. The number of nitrogens with two attached hydrogens (primary N) is 1. The molecule has 0 aromatic heterocycles. The molecule has 0 radical (unpaired) electrons. The summed E-state index contributed by atoms with van der Waals surface area (Å²) in [5, 5.41) is 9.57. The van der Waals surface area contributed by atoms with Crippen LogP contribution < -0.4 is 5.73 Å². The molecule has 0 aromatic carbocycles. The zero-order chi connectivity index (χ0) is 15.1. The molecule has 20 heavy (non-hydrogen) atoms. The Bertz CT molecular complexity index is 213. The predicted octanol–water partition coefficient (Wildman–Crippen LogP) is 4.95. The van der Waals surface area contributed by atoms with E-state index in [2.05, 4.69) is 19.1 Å². The third kappa shape index (κ3) is 14.1. The van der Waals surface area contributed by atoms with Gasteiger partial charge < -0.3 is 10.8 Å². The number of rotatable bonds is 14. The van der Waals surface area contributed by atoms with Crippen molar-refractivity contribution in [2.75, 3.05) is 0 Å². The molecule has 2 nitrogen and oxygen atoms in total. The molecule has 120 valence electrons. The van der Waals surface area contributed by atoms with E-state index >= 15 is 0 Å². The largest absolute Gasteiger partial charge is 0.392 e. The van der Waals surface area contributed by atoms with Crippen molar-refractivity contribution in [3.63, 3.8) is 0 Å². The van der Waals surface area contributed by atoms with Gasteiger partial charge in [-0.2, -0.15) is 0 Å². The van der Waals surface area contributed by atoms with E-state index in [0.717, 1.165) is 12.8 Å². The summed E-state index contributed by atoms with van der Waals surface area (Å²) in [4.78, 5) is 0. The lowest BCUT2D eigenvalue weighted by Gasteiger charge is -2.13. The fourth-order valence-electron chi connectivity index (χ4n) is 2.34. The maximum Gasteiger partial charge on any atom is 0.0688 e. The van der Waals surface area contributed by atoms with E-state index in [1.54, 1.807) is 0 Å². The van der Waals surface area contributed by atoms with Crippen molar-refractivity contribution >= 4 is 0 Å². The van der Waals surface area contributed by atoms with Gasteiger partial charge in [0.15, 0.2) is 0 Å². The van der Waals surface area contributed by atoms with Crippen LogP contribution in [0.4, 0.5) is 0 Å². The average molecular weight is 284 g/mol. The van der Waals surface area contributed by atoms with E-state index in [4.69, 9.17) is 5.73 Å². The number of allylic oxidation sites excluding steroid dienone is 2. The Balaban J connectivity index is 3.10. The van der Waals surface area contributed by atoms with Crippen molar-refractivity contribution in [1.82, 2.24) is 0 Å². The summed E-state index contributed by atoms with van der Waals surface area (Å²) in [7, 11) is 0. The molecule has 1 unspecified atom stereocenters. The Morgan fingerprint density at radius 1 is 0.850 bits per heavy atom. The second-order valence-electron chi connectivity index (χ2n) is 6.09. The normalized spacial score (nSPS) is 14.8. The van der Waals surface area contributed by atoms with Crippen LogP contribution in [-0.4, -0.2) is 17.3 Å². The van der Waals surface area contributed by atoms with E-state index < -0.39 is 0 Å². The number of unbranched alkanes of at least 4 members (excludes halogenated alkanes) is 9. The van der Waals surface area contributed by atoms with Gasteiger partial charge in [-0.15, -0.1) is 0 Å². The molecule has 0 aromatic rings. The Hall–Kier alpha value is -0.340. The minimum absolute atomic E-state index is 0.0821. The lowest BCUT2D eigenvalue weighted by atomic mass is 10.0. The molecule has 0 heterocycles. The Kier molecular flexibility index (Phi) is 14.8. The van der Waals surface area contributed by atoms with Gasteiger partial charge in [-0.3, -0.25) is 0 Å². The van der Waals surface area contributed by atoms with Gasteiger partial charge in [-0.1, -0.05) is 70.4 Å². The van der Waals surface area contributed by atoms with Crippen LogP contribution in [0.2, 0.25) is 0 Å². The van der Waals surface area contributed by atoms with Gasteiger partial charge >= 0.3 is 0 Å². The molecule has 2 heteroatoms. The third-order valence-electron chi connectivity index (χ3n) is 3.85. The van der Waals surface area contributed by atoms with Crippen molar-refractivity contribution < 1.29 is 5.11 Å². The molecule has 0 saturated carbocycles. The number of aliphatic hydroxyl groups excluding tert-OH is 1. The van der Waals surface area contributed by atoms with Gasteiger partial charge in [-0.25, -0.2) is 0 Å². The monoisotopic (exact) mass is 283 g/mol. The van der Waals surface area contributed by atoms with E-state index in [1.807, 2.05) is 6.92 Å². The molecule has 0 fully saturated rings. The number of hydrogen-bond acceptors (Lipinski definition) is 2. The predicted molar refractivity (Wildman–Crippen MR) is 89.9 cm³/mol. The summed E-state index contributed by atoms with van der Waals surface area (Å²) in [6, 6.07) is -0.0821. The van der Waals surface area contributed by atoms with Crippen LogP contribution in [0.15, 0.2) is 12.2 Å². The van der Waals surface area contributed by atoms with Gasteiger partial charge in [-0.05, 0) is 32.6 Å². The zero-order valence-corrected chi connectivity index (χ0v) is 13.8. The SMILES string of the molecule is CCC/C=C\CCCCCCCCCCC(O)[C@H](C)N. The molecule has 3 N–H and O–H groups in total. The molecule has 0 saturated heterocycles. The van der Waals surface area contributed by atoms with E-state index in [-0.39, 0.29) is 12.1 Å². The van der Waals surface area contributed by atoms with Crippen LogP contribution in [0.5, 0.6) is 0 Å². The number of hydrogen-bond donors (Lipinski definition) is 2. The van der Waals surface area contributed by atoms with Crippen LogP contribution >= 0.6 is 0 Å². The quantitative estimate of drug-likeness (QED) is 0.350. The third-order valence-corrected chi connectivity index (χ3v) is 3.85.